The van der Waals surface area contributed by atoms with Crippen LogP contribution in [0.1, 0.15) is 29.5 Å². The predicted octanol–water partition coefficient (Wildman–Crippen LogP) is 3.77. The lowest BCUT2D eigenvalue weighted by atomic mass is 9.98. The van der Waals surface area contributed by atoms with Crippen molar-refractivity contribution in [2.75, 3.05) is 13.3 Å². The minimum atomic E-state index is -0.895. The highest BCUT2D eigenvalue weighted by molar-refractivity contribution is 5.86. The van der Waals surface area contributed by atoms with Gasteiger partial charge in [0, 0.05) is 19.3 Å². The fraction of sp³-hybridized carbons (Fsp3) is 0.222. The molecule has 0 heterocycles. The van der Waals surface area contributed by atoms with Crippen LogP contribution in [0.3, 0.4) is 0 Å². The van der Waals surface area contributed by atoms with Crippen LogP contribution in [-0.2, 0) is 25.5 Å². The zero-order valence-corrected chi connectivity index (χ0v) is 18.8. The van der Waals surface area contributed by atoms with E-state index in [2.05, 4.69) is 22.8 Å². The molecular formula is C27H26N2O5. The largest absolute Gasteiger partial charge is 0.449 e. The van der Waals surface area contributed by atoms with Crippen LogP contribution in [0, 0.1) is 0 Å². The van der Waals surface area contributed by atoms with Gasteiger partial charge in [-0.15, -0.1) is 0 Å². The first-order valence-electron chi connectivity index (χ1n) is 11.1. The van der Waals surface area contributed by atoms with Crippen molar-refractivity contribution in [3.63, 3.8) is 0 Å². The van der Waals surface area contributed by atoms with E-state index in [0.717, 1.165) is 27.8 Å². The minimum absolute atomic E-state index is 0.0801. The first-order chi connectivity index (χ1) is 16.5. The summed E-state index contributed by atoms with van der Waals surface area (Å²) in [5.41, 5.74) is 5.36. The summed E-state index contributed by atoms with van der Waals surface area (Å²) in [5, 5.41) is 5.17. The Morgan fingerprint density at radius 2 is 1.41 bits per heavy atom. The lowest BCUT2D eigenvalue weighted by Crippen LogP contribution is -2.48. The maximum Gasteiger partial charge on any atom is 0.407 e. The molecule has 1 aliphatic carbocycles. The van der Waals surface area contributed by atoms with Gasteiger partial charge in [0.25, 0.3) is 0 Å². The SMILES string of the molecule is CC(=O)OCNC(=O)C(Cc1ccccc1)NC(=O)OCC1c2ccccc2-c2ccccc21. The van der Waals surface area contributed by atoms with Gasteiger partial charge in [-0.2, -0.15) is 0 Å². The summed E-state index contributed by atoms with van der Waals surface area (Å²) >= 11 is 0. The Balaban J connectivity index is 1.42. The topological polar surface area (TPSA) is 93.7 Å². The van der Waals surface area contributed by atoms with Crippen molar-refractivity contribution in [3.05, 3.63) is 95.6 Å². The summed E-state index contributed by atoms with van der Waals surface area (Å²) in [6.45, 7) is 1.13. The summed E-state index contributed by atoms with van der Waals surface area (Å²) in [6, 6.07) is 24.6. The zero-order chi connectivity index (χ0) is 23.9. The Bertz CT molecular complexity index is 1130. The van der Waals surface area contributed by atoms with Crippen LogP contribution in [0.2, 0.25) is 0 Å². The second-order valence-corrected chi connectivity index (χ2v) is 8.03. The van der Waals surface area contributed by atoms with Gasteiger partial charge in [-0.05, 0) is 27.8 Å². The van der Waals surface area contributed by atoms with Crippen molar-refractivity contribution in [2.45, 2.75) is 25.3 Å². The summed E-state index contributed by atoms with van der Waals surface area (Å²) in [4.78, 5) is 36.4. The first kappa shape index (κ1) is 23.0. The fourth-order valence-corrected chi connectivity index (χ4v) is 4.17. The van der Waals surface area contributed by atoms with Gasteiger partial charge in [-0.1, -0.05) is 78.9 Å². The Morgan fingerprint density at radius 1 is 0.824 bits per heavy atom. The van der Waals surface area contributed by atoms with Crippen LogP contribution in [-0.4, -0.2) is 37.3 Å². The van der Waals surface area contributed by atoms with Crippen molar-refractivity contribution in [1.82, 2.24) is 10.6 Å². The molecule has 1 unspecified atom stereocenters. The van der Waals surface area contributed by atoms with Gasteiger partial charge in [0.1, 0.15) is 12.6 Å². The first-order valence-corrected chi connectivity index (χ1v) is 11.1. The van der Waals surface area contributed by atoms with Crippen molar-refractivity contribution in [1.29, 1.82) is 0 Å². The monoisotopic (exact) mass is 458 g/mol. The van der Waals surface area contributed by atoms with Gasteiger partial charge < -0.3 is 20.1 Å². The molecule has 0 aromatic heterocycles. The van der Waals surface area contributed by atoms with Crippen LogP contribution in [0.5, 0.6) is 0 Å². The molecule has 0 saturated heterocycles. The number of esters is 1. The second-order valence-electron chi connectivity index (χ2n) is 8.03. The molecule has 0 bridgehead atoms. The lowest BCUT2D eigenvalue weighted by molar-refractivity contribution is -0.143. The number of carbonyl (C=O) groups excluding carboxylic acids is 3. The Morgan fingerprint density at radius 3 is 2.03 bits per heavy atom. The van der Waals surface area contributed by atoms with Crippen molar-refractivity contribution in [3.8, 4) is 11.1 Å². The van der Waals surface area contributed by atoms with Gasteiger partial charge in [-0.3, -0.25) is 9.59 Å². The maximum absolute atomic E-state index is 12.7. The minimum Gasteiger partial charge on any atom is -0.449 e. The molecule has 0 spiro atoms. The molecule has 2 amide bonds. The van der Waals surface area contributed by atoms with Crippen molar-refractivity contribution >= 4 is 18.0 Å². The lowest BCUT2D eigenvalue weighted by Gasteiger charge is -2.20. The van der Waals surface area contributed by atoms with Gasteiger partial charge >= 0.3 is 12.1 Å². The van der Waals surface area contributed by atoms with E-state index in [0.29, 0.717) is 0 Å². The molecule has 174 valence electrons. The van der Waals surface area contributed by atoms with E-state index in [1.807, 2.05) is 66.7 Å². The van der Waals surface area contributed by atoms with Crippen LogP contribution in [0.4, 0.5) is 4.79 Å². The van der Waals surface area contributed by atoms with Gasteiger partial charge in [-0.25, -0.2) is 4.79 Å². The third-order valence-electron chi connectivity index (χ3n) is 5.76. The number of benzene rings is 3. The quantitative estimate of drug-likeness (QED) is 0.396. The molecule has 1 aliphatic rings. The zero-order valence-electron chi connectivity index (χ0n) is 18.8. The number of nitrogens with one attached hydrogen (secondary N) is 2. The third kappa shape index (κ3) is 5.43. The molecule has 3 aromatic rings. The molecule has 0 fully saturated rings. The molecule has 0 aliphatic heterocycles. The molecule has 2 N–H and O–H groups in total. The van der Waals surface area contributed by atoms with Crippen LogP contribution < -0.4 is 10.6 Å². The van der Waals surface area contributed by atoms with Crippen molar-refractivity contribution < 1.29 is 23.9 Å². The van der Waals surface area contributed by atoms with Gasteiger partial charge in [0.05, 0.1) is 0 Å². The second kappa shape index (κ2) is 10.7. The number of carbonyl (C=O) groups is 3. The normalized spacial score (nSPS) is 12.7. The summed E-state index contributed by atoms with van der Waals surface area (Å²) in [5.74, 6) is -1.06. The third-order valence-corrected chi connectivity index (χ3v) is 5.76. The molecule has 1 atom stereocenters. The number of rotatable bonds is 8. The van der Waals surface area contributed by atoms with E-state index in [4.69, 9.17) is 9.47 Å². The van der Waals surface area contributed by atoms with Gasteiger partial charge in [0.2, 0.25) is 5.91 Å². The van der Waals surface area contributed by atoms with Gasteiger partial charge in [0.15, 0.2) is 6.73 Å². The summed E-state index contributed by atoms with van der Waals surface area (Å²) in [6.07, 6.45) is -0.429. The molecule has 7 heteroatoms. The molecule has 0 saturated carbocycles. The Kier molecular flexibility index (Phi) is 7.22. The predicted molar refractivity (Wildman–Crippen MR) is 127 cm³/mol. The molecule has 0 radical (unpaired) electrons. The van der Waals surface area contributed by atoms with E-state index in [1.165, 1.54) is 6.92 Å². The van der Waals surface area contributed by atoms with E-state index >= 15 is 0 Å². The average molecular weight is 459 g/mol. The smallest absolute Gasteiger partial charge is 0.407 e. The van der Waals surface area contributed by atoms with Crippen LogP contribution in [0.15, 0.2) is 78.9 Å². The van der Waals surface area contributed by atoms with E-state index in [1.54, 1.807) is 0 Å². The highest BCUT2D eigenvalue weighted by Crippen LogP contribution is 2.44. The highest BCUT2D eigenvalue weighted by atomic mass is 16.6. The average Bonchev–Trinajstić information content (AvgIpc) is 3.16. The number of hydrogen-bond donors (Lipinski definition) is 2. The van der Waals surface area contributed by atoms with E-state index < -0.39 is 24.0 Å². The number of amides is 2. The van der Waals surface area contributed by atoms with Crippen LogP contribution in [0.25, 0.3) is 11.1 Å². The van der Waals surface area contributed by atoms with E-state index in [-0.39, 0.29) is 25.7 Å². The molecule has 3 aromatic carbocycles. The standard InChI is InChI=1S/C27H26N2O5/c1-18(30)34-17-28-26(31)25(15-19-9-3-2-4-10-19)29-27(32)33-16-24-22-13-7-5-11-20(22)21-12-6-8-14-23(21)24/h2-14,24-25H,15-17H2,1H3,(H,28,31)(H,29,32). The molecule has 7 nitrogen and oxygen atoms in total. The number of fused-ring (bicyclic) bond motifs is 3. The molecule has 4 rings (SSSR count). The summed E-state index contributed by atoms with van der Waals surface area (Å²) < 4.78 is 10.4. The van der Waals surface area contributed by atoms with E-state index in [9.17, 15) is 14.4 Å². The Labute approximate surface area is 198 Å². The van der Waals surface area contributed by atoms with Crippen molar-refractivity contribution in [2.24, 2.45) is 0 Å². The highest BCUT2D eigenvalue weighted by Gasteiger charge is 2.29. The molecular weight excluding hydrogens is 432 g/mol. The van der Waals surface area contributed by atoms with Crippen LogP contribution >= 0.6 is 0 Å². The maximum atomic E-state index is 12.7. The summed E-state index contributed by atoms with van der Waals surface area (Å²) in [7, 11) is 0. The molecule has 34 heavy (non-hydrogen) atoms. The number of hydrogen-bond acceptors (Lipinski definition) is 5. The fourth-order valence-electron chi connectivity index (χ4n) is 4.17. The number of ether oxygens (including phenoxy) is 2. The number of alkyl carbamates (subject to hydrolysis) is 1. The Hall–Kier alpha value is -4.13.